The van der Waals surface area contributed by atoms with Crippen molar-refractivity contribution in [3.05, 3.63) is 12.7 Å². The van der Waals surface area contributed by atoms with E-state index in [0.717, 1.165) is 12.8 Å². The Hall–Kier alpha value is -1.52. The number of carbonyl (C=O) groups is 2. The minimum atomic E-state index is -0.695. The van der Waals surface area contributed by atoms with Crippen LogP contribution in [-0.4, -0.2) is 30.3 Å². The molecule has 3 aliphatic carbocycles. The van der Waals surface area contributed by atoms with Crippen molar-refractivity contribution < 1.29 is 19.4 Å². The minimum Gasteiger partial charge on any atom is -0.481 e. The summed E-state index contributed by atoms with van der Waals surface area (Å²) in [5.74, 6) is -0.695. The van der Waals surface area contributed by atoms with Gasteiger partial charge in [-0.2, -0.15) is 0 Å². The number of carboxylic acids is 1. The zero-order chi connectivity index (χ0) is 12.5. The van der Waals surface area contributed by atoms with E-state index in [0.29, 0.717) is 19.4 Å². The van der Waals surface area contributed by atoms with Crippen LogP contribution in [0.25, 0.3) is 0 Å². The van der Waals surface area contributed by atoms with Gasteiger partial charge in [-0.05, 0) is 31.1 Å². The molecule has 0 heterocycles. The number of carboxylic acid groups (broad SMARTS) is 1. The van der Waals surface area contributed by atoms with E-state index < -0.39 is 17.5 Å². The van der Waals surface area contributed by atoms with Crippen LogP contribution in [0.4, 0.5) is 4.79 Å². The van der Waals surface area contributed by atoms with E-state index >= 15 is 0 Å². The van der Waals surface area contributed by atoms with Crippen molar-refractivity contribution in [3.8, 4) is 0 Å². The number of alkyl carbamates (subject to hydrolysis) is 1. The summed E-state index contributed by atoms with van der Waals surface area (Å²) in [7, 11) is 0. The highest BCUT2D eigenvalue weighted by Crippen LogP contribution is 2.66. The molecule has 0 unspecified atom stereocenters. The van der Waals surface area contributed by atoms with E-state index in [1.165, 1.54) is 6.08 Å². The van der Waals surface area contributed by atoms with Gasteiger partial charge in [-0.1, -0.05) is 12.7 Å². The summed E-state index contributed by atoms with van der Waals surface area (Å²) in [5.41, 5.74) is -0.516. The number of ether oxygens (including phenoxy) is 1. The summed E-state index contributed by atoms with van der Waals surface area (Å²) in [4.78, 5) is 22.3. The summed E-state index contributed by atoms with van der Waals surface area (Å²) < 4.78 is 4.80. The van der Waals surface area contributed by atoms with E-state index in [1.807, 2.05) is 0 Å². The van der Waals surface area contributed by atoms with Crippen molar-refractivity contribution >= 4 is 12.1 Å². The molecule has 0 atom stereocenters. The van der Waals surface area contributed by atoms with E-state index in [1.54, 1.807) is 0 Å². The van der Waals surface area contributed by atoms with Crippen LogP contribution in [0.1, 0.15) is 25.7 Å². The van der Waals surface area contributed by atoms with Crippen molar-refractivity contribution in [1.29, 1.82) is 0 Å². The molecule has 0 aromatic carbocycles. The Bertz CT molecular complexity index is 358. The Morgan fingerprint density at radius 2 is 2.12 bits per heavy atom. The second-order valence-electron chi connectivity index (χ2n) is 5.18. The molecular formula is C12H17NO4. The van der Waals surface area contributed by atoms with Crippen molar-refractivity contribution in [2.45, 2.75) is 25.7 Å². The monoisotopic (exact) mass is 239 g/mol. The third-order valence-corrected chi connectivity index (χ3v) is 3.95. The lowest BCUT2D eigenvalue weighted by atomic mass is 9.60. The third-order valence-electron chi connectivity index (χ3n) is 3.95. The minimum absolute atomic E-state index is 0.00834. The number of hydrogen-bond donors (Lipinski definition) is 2. The number of fused-ring (bicyclic) bond motifs is 1. The van der Waals surface area contributed by atoms with Crippen molar-refractivity contribution in [3.63, 3.8) is 0 Å². The van der Waals surface area contributed by atoms with Crippen LogP contribution in [0.15, 0.2) is 12.7 Å². The van der Waals surface area contributed by atoms with Crippen LogP contribution >= 0.6 is 0 Å². The molecule has 0 aromatic rings. The highest BCUT2D eigenvalue weighted by atomic mass is 16.5. The van der Waals surface area contributed by atoms with Gasteiger partial charge < -0.3 is 15.2 Å². The largest absolute Gasteiger partial charge is 0.481 e. The van der Waals surface area contributed by atoms with Crippen LogP contribution < -0.4 is 5.32 Å². The van der Waals surface area contributed by atoms with E-state index in [2.05, 4.69) is 11.9 Å². The number of rotatable bonds is 5. The van der Waals surface area contributed by atoms with Gasteiger partial charge in [0.05, 0.1) is 5.41 Å². The molecular weight excluding hydrogens is 222 g/mol. The fourth-order valence-electron chi connectivity index (χ4n) is 3.16. The number of nitrogens with one attached hydrogen (secondary N) is 1. The highest BCUT2D eigenvalue weighted by molar-refractivity contribution is 5.77. The van der Waals surface area contributed by atoms with E-state index in [-0.39, 0.29) is 12.0 Å². The highest BCUT2D eigenvalue weighted by Gasteiger charge is 2.64. The van der Waals surface area contributed by atoms with Gasteiger partial charge in [0.1, 0.15) is 6.61 Å². The summed E-state index contributed by atoms with van der Waals surface area (Å²) in [6.07, 6.45) is 4.01. The average Bonchev–Trinajstić information content (AvgIpc) is 2.79. The maximum atomic E-state index is 11.2. The Labute approximate surface area is 99.8 Å². The molecule has 3 fully saturated rings. The van der Waals surface area contributed by atoms with Gasteiger partial charge in [0.15, 0.2) is 0 Å². The fourth-order valence-corrected chi connectivity index (χ4v) is 3.16. The smallest absolute Gasteiger partial charge is 0.407 e. The van der Waals surface area contributed by atoms with Crippen LogP contribution in [0.3, 0.4) is 0 Å². The Balaban J connectivity index is 1.78. The second kappa shape index (κ2) is 4.05. The summed E-state index contributed by atoms with van der Waals surface area (Å²) in [6.45, 7) is 4.15. The number of aliphatic carboxylic acids is 1. The average molecular weight is 239 g/mol. The van der Waals surface area contributed by atoms with Crippen LogP contribution in [0.2, 0.25) is 0 Å². The summed E-state index contributed by atoms with van der Waals surface area (Å²) in [6, 6.07) is 0. The SMILES string of the molecule is C=CCOC(=O)NCC12CCC(C(=O)O)(C1)C2. The molecule has 2 bridgehead atoms. The Kier molecular flexibility index (Phi) is 2.85. The fraction of sp³-hybridized carbons (Fsp3) is 0.667. The number of carbonyl (C=O) groups excluding carboxylic acids is 1. The standard InChI is InChI=1S/C12H17NO4/c1-2-5-17-10(16)13-8-11-3-4-12(6-11,7-11)9(14)15/h2H,1,3-8H2,(H,13,16)(H,14,15). The predicted molar refractivity (Wildman–Crippen MR) is 60.5 cm³/mol. The molecule has 5 heteroatoms. The first-order valence-electron chi connectivity index (χ1n) is 5.77. The van der Waals surface area contributed by atoms with Gasteiger partial charge in [-0.3, -0.25) is 4.79 Å². The molecule has 0 saturated heterocycles. The van der Waals surface area contributed by atoms with Gasteiger partial charge in [0, 0.05) is 6.54 Å². The number of amides is 1. The molecule has 0 aromatic heterocycles. The first-order chi connectivity index (χ1) is 8.02. The maximum Gasteiger partial charge on any atom is 0.407 e. The third kappa shape index (κ3) is 2.01. The quantitative estimate of drug-likeness (QED) is 0.713. The first kappa shape index (κ1) is 12.0. The molecule has 2 N–H and O–H groups in total. The number of hydrogen-bond acceptors (Lipinski definition) is 3. The Morgan fingerprint density at radius 1 is 1.41 bits per heavy atom. The normalized spacial score (nSPS) is 33.6. The van der Waals surface area contributed by atoms with Crippen LogP contribution in [0.5, 0.6) is 0 Å². The van der Waals surface area contributed by atoms with Crippen molar-refractivity contribution in [2.75, 3.05) is 13.2 Å². The molecule has 3 saturated carbocycles. The molecule has 3 aliphatic rings. The lowest BCUT2D eigenvalue weighted by Gasteiger charge is -2.44. The van der Waals surface area contributed by atoms with Crippen molar-refractivity contribution in [1.82, 2.24) is 5.32 Å². The molecule has 94 valence electrons. The molecule has 0 spiro atoms. The molecule has 0 radical (unpaired) electrons. The molecule has 3 rings (SSSR count). The molecule has 1 amide bonds. The summed E-state index contributed by atoms with van der Waals surface area (Å²) >= 11 is 0. The van der Waals surface area contributed by atoms with Gasteiger partial charge in [0.25, 0.3) is 0 Å². The van der Waals surface area contributed by atoms with Gasteiger partial charge >= 0.3 is 12.1 Å². The van der Waals surface area contributed by atoms with Gasteiger partial charge in [-0.15, -0.1) is 0 Å². The van der Waals surface area contributed by atoms with Crippen LogP contribution in [0, 0.1) is 10.8 Å². The summed E-state index contributed by atoms with van der Waals surface area (Å²) in [5, 5.41) is 11.8. The molecule has 5 nitrogen and oxygen atoms in total. The van der Waals surface area contributed by atoms with E-state index in [4.69, 9.17) is 9.84 Å². The second-order valence-corrected chi connectivity index (χ2v) is 5.18. The first-order valence-corrected chi connectivity index (χ1v) is 5.77. The lowest BCUT2D eigenvalue weighted by molar-refractivity contribution is -0.156. The zero-order valence-corrected chi connectivity index (χ0v) is 9.70. The van der Waals surface area contributed by atoms with Crippen molar-refractivity contribution in [2.24, 2.45) is 10.8 Å². The zero-order valence-electron chi connectivity index (χ0n) is 9.70. The lowest BCUT2D eigenvalue weighted by Crippen LogP contribution is -2.48. The van der Waals surface area contributed by atoms with Gasteiger partial charge in [0.2, 0.25) is 0 Å². The van der Waals surface area contributed by atoms with Crippen LogP contribution in [-0.2, 0) is 9.53 Å². The van der Waals surface area contributed by atoms with Gasteiger partial charge in [-0.25, -0.2) is 4.79 Å². The maximum absolute atomic E-state index is 11.2. The topological polar surface area (TPSA) is 75.6 Å². The molecule has 17 heavy (non-hydrogen) atoms. The predicted octanol–water partition coefficient (Wildman–Crippen LogP) is 1.54. The van der Waals surface area contributed by atoms with E-state index in [9.17, 15) is 9.59 Å². The molecule has 0 aliphatic heterocycles. The Morgan fingerprint density at radius 3 is 2.65 bits per heavy atom.